The van der Waals surface area contributed by atoms with Crippen molar-refractivity contribution in [2.24, 2.45) is 0 Å². The van der Waals surface area contributed by atoms with Crippen molar-refractivity contribution in [3.8, 4) is 11.4 Å². The first-order valence-electron chi connectivity index (χ1n) is 8.57. The number of aryl methyl sites for hydroxylation is 1. The van der Waals surface area contributed by atoms with Crippen LogP contribution in [0, 0.1) is 0 Å². The second kappa shape index (κ2) is 6.32. The van der Waals surface area contributed by atoms with Crippen LogP contribution in [0.4, 0.5) is 0 Å². The van der Waals surface area contributed by atoms with E-state index >= 15 is 0 Å². The summed E-state index contributed by atoms with van der Waals surface area (Å²) < 4.78 is 2.41. The van der Waals surface area contributed by atoms with E-state index in [9.17, 15) is 0 Å². The van der Waals surface area contributed by atoms with E-state index in [-0.39, 0.29) is 0 Å². The van der Waals surface area contributed by atoms with Crippen molar-refractivity contribution >= 4 is 24.3 Å². The zero-order chi connectivity index (χ0) is 16.4. The number of unbranched alkanes of at least 4 members (excludes halogenated alkanes) is 1. The van der Waals surface area contributed by atoms with Crippen LogP contribution in [0.3, 0.4) is 0 Å². The van der Waals surface area contributed by atoms with Gasteiger partial charge in [0.1, 0.15) is 5.82 Å². The van der Waals surface area contributed by atoms with Crippen LogP contribution in [-0.4, -0.2) is 17.6 Å². The predicted molar refractivity (Wildman–Crippen MR) is 103 cm³/mol. The van der Waals surface area contributed by atoms with E-state index < -0.39 is 8.07 Å². The highest BCUT2D eigenvalue weighted by Crippen LogP contribution is 2.26. The first-order chi connectivity index (χ1) is 11.0. The van der Waals surface area contributed by atoms with E-state index in [1.165, 1.54) is 29.1 Å². The molecule has 0 saturated carbocycles. The lowest BCUT2D eigenvalue weighted by Gasteiger charge is -2.21. The molecule has 120 valence electrons. The number of fused-ring (bicyclic) bond motifs is 1. The van der Waals surface area contributed by atoms with E-state index in [0.29, 0.717) is 0 Å². The summed E-state index contributed by atoms with van der Waals surface area (Å²) in [5.74, 6) is 1.14. The van der Waals surface area contributed by atoms with Crippen molar-refractivity contribution in [1.82, 2.24) is 9.55 Å². The van der Waals surface area contributed by atoms with E-state index in [1.54, 1.807) is 0 Å². The second-order valence-corrected chi connectivity index (χ2v) is 12.3. The minimum Gasteiger partial charge on any atom is -0.324 e. The average molecular weight is 323 g/mol. The molecule has 0 N–H and O–H groups in total. The van der Waals surface area contributed by atoms with E-state index in [1.807, 2.05) is 0 Å². The van der Waals surface area contributed by atoms with Crippen LogP contribution < -0.4 is 5.19 Å². The molecule has 0 unspecified atom stereocenters. The molecule has 0 aliphatic heterocycles. The van der Waals surface area contributed by atoms with Gasteiger partial charge in [0.2, 0.25) is 0 Å². The summed E-state index contributed by atoms with van der Waals surface area (Å²) >= 11 is 0. The molecular formula is C20H26N2Si. The van der Waals surface area contributed by atoms with Gasteiger partial charge in [0, 0.05) is 12.1 Å². The van der Waals surface area contributed by atoms with Crippen LogP contribution in [0.1, 0.15) is 19.8 Å². The number of hydrogen-bond acceptors (Lipinski definition) is 1. The normalized spacial score (nSPS) is 12.0. The van der Waals surface area contributed by atoms with Crippen LogP contribution in [0.2, 0.25) is 19.6 Å². The molecule has 1 heterocycles. The zero-order valence-electron chi connectivity index (χ0n) is 14.6. The Morgan fingerprint density at radius 3 is 2.39 bits per heavy atom. The van der Waals surface area contributed by atoms with Gasteiger partial charge in [-0.2, -0.15) is 0 Å². The Labute approximate surface area is 140 Å². The van der Waals surface area contributed by atoms with E-state index in [0.717, 1.165) is 17.9 Å². The predicted octanol–water partition coefficient (Wildman–Crippen LogP) is 5.05. The highest BCUT2D eigenvalue weighted by atomic mass is 28.3. The van der Waals surface area contributed by atoms with E-state index in [4.69, 9.17) is 4.98 Å². The maximum atomic E-state index is 5.00. The summed E-state index contributed by atoms with van der Waals surface area (Å²) in [5, 5.41) is 1.49. The lowest BCUT2D eigenvalue weighted by atomic mass is 10.2. The van der Waals surface area contributed by atoms with Gasteiger partial charge < -0.3 is 4.57 Å². The van der Waals surface area contributed by atoms with Gasteiger partial charge in [-0.05, 0) is 23.7 Å². The van der Waals surface area contributed by atoms with Gasteiger partial charge in [-0.3, -0.25) is 0 Å². The van der Waals surface area contributed by atoms with Gasteiger partial charge in [0.05, 0.1) is 19.1 Å². The summed E-state index contributed by atoms with van der Waals surface area (Å²) in [6.07, 6.45) is 2.38. The number of benzene rings is 2. The Bertz CT molecular complexity index is 812. The first kappa shape index (κ1) is 16.0. The molecule has 0 aliphatic carbocycles. The summed E-state index contributed by atoms with van der Waals surface area (Å²) in [7, 11) is -1.42. The monoisotopic (exact) mass is 322 g/mol. The Hall–Kier alpha value is -1.87. The zero-order valence-corrected chi connectivity index (χ0v) is 15.6. The third-order valence-corrected chi connectivity index (χ3v) is 6.42. The number of hydrogen-bond donors (Lipinski definition) is 0. The number of nitrogens with zero attached hydrogens (tertiary/aromatic N) is 2. The minimum absolute atomic E-state index is 1.03. The van der Waals surface area contributed by atoms with Crippen molar-refractivity contribution in [1.29, 1.82) is 0 Å². The summed E-state index contributed by atoms with van der Waals surface area (Å²) in [6.45, 7) is 10.5. The summed E-state index contributed by atoms with van der Waals surface area (Å²) in [5.41, 5.74) is 3.67. The van der Waals surface area contributed by atoms with Crippen LogP contribution in [-0.2, 0) is 6.54 Å². The molecule has 0 amide bonds. The summed E-state index contributed by atoms with van der Waals surface area (Å²) in [4.78, 5) is 5.00. The summed E-state index contributed by atoms with van der Waals surface area (Å²) in [6, 6.07) is 17.4. The first-order valence-corrected chi connectivity index (χ1v) is 12.1. The molecule has 2 aromatic carbocycles. The Morgan fingerprint density at radius 2 is 1.65 bits per heavy atom. The van der Waals surface area contributed by atoms with Gasteiger partial charge in [-0.1, -0.05) is 69.4 Å². The molecule has 2 nitrogen and oxygen atoms in total. The standard InChI is InChI=1S/C20H26N2Si/c1-5-6-15-22-18-13-9-8-12-17(18)21-20(22)16-11-7-10-14-19(16)23(2,3)4/h7-14H,5-6,15H2,1-4H3. The fourth-order valence-corrected chi connectivity index (χ4v) is 4.76. The second-order valence-electron chi connectivity index (χ2n) is 7.22. The van der Waals surface area contributed by atoms with Crippen molar-refractivity contribution in [2.45, 2.75) is 46.0 Å². The molecule has 23 heavy (non-hydrogen) atoms. The molecule has 0 aliphatic rings. The molecule has 0 fully saturated rings. The number of rotatable bonds is 5. The number of para-hydroxylation sites is 2. The topological polar surface area (TPSA) is 17.8 Å². The maximum absolute atomic E-state index is 5.00. The molecular weight excluding hydrogens is 296 g/mol. The molecule has 3 aromatic rings. The molecule has 0 radical (unpaired) electrons. The third kappa shape index (κ3) is 3.11. The van der Waals surface area contributed by atoms with Crippen molar-refractivity contribution < 1.29 is 0 Å². The highest BCUT2D eigenvalue weighted by molar-refractivity contribution is 6.89. The SMILES string of the molecule is CCCCn1c(-c2ccccc2[Si](C)(C)C)nc2ccccc21. The van der Waals surface area contributed by atoms with Crippen LogP contribution in [0.25, 0.3) is 22.4 Å². The molecule has 3 heteroatoms. The van der Waals surface area contributed by atoms with Crippen LogP contribution in [0.5, 0.6) is 0 Å². The maximum Gasteiger partial charge on any atom is 0.141 e. The molecule has 0 spiro atoms. The van der Waals surface area contributed by atoms with Gasteiger partial charge in [0.15, 0.2) is 0 Å². The van der Waals surface area contributed by atoms with Crippen molar-refractivity contribution in [3.63, 3.8) is 0 Å². The van der Waals surface area contributed by atoms with E-state index in [2.05, 4.69) is 79.7 Å². The molecule has 0 bridgehead atoms. The molecule has 0 atom stereocenters. The number of aromatic nitrogens is 2. The Kier molecular flexibility index (Phi) is 4.40. The average Bonchev–Trinajstić information content (AvgIpc) is 2.90. The molecule has 3 rings (SSSR count). The third-order valence-electron chi connectivity index (χ3n) is 4.37. The van der Waals surface area contributed by atoms with Crippen molar-refractivity contribution in [2.75, 3.05) is 0 Å². The van der Waals surface area contributed by atoms with Gasteiger partial charge in [0.25, 0.3) is 0 Å². The van der Waals surface area contributed by atoms with Gasteiger partial charge >= 0.3 is 0 Å². The number of imidazole rings is 1. The fraction of sp³-hybridized carbons (Fsp3) is 0.350. The smallest absolute Gasteiger partial charge is 0.141 e. The fourth-order valence-electron chi connectivity index (χ4n) is 3.16. The van der Waals surface area contributed by atoms with Gasteiger partial charge in [-0.15, -0.1) is 0 Å². The minimum atomic E-state index is -1.42. The quantitative estimate of drug-likeness (QED) is 0.601. The molecule has 0 saturated heterocycles. The van der Waals surface area contributed by atoms with Crippen molar-refractivity contribution in [3.05, 3.63) is 48.5 Å². The van der Waals surface area contributed by atoms with Gasteiger partial charge in [-0.25, -0.2) is 4.98 Å². The lowest BCUT2D eigenvalue weighted by Crippen LogP contribution is -2.39. The Balaban J connectivity index is 2.24. The van der Waals surface area contributed by atoms with Crippen LogP contribution >= 0.6 is 0 Å². The molecule has 1 aromatic heterocycles. The Morgan fingerprint density at radius 1 is 0.957 bits per heavy atom. The highest BCUT2D eigenvalue weighted by Gasteiger charge is 2.23. The van der Waals surface area contributed by atoms with Crippen LogP contribution in [0.15, 0.2) is 48.5 Å². The lowest BCUT2D eigenvalue weighted by molar-refractivity contribution is 0.651. The largest absolute Gasteiger partial charge is 0.324 e.